The van der Waals surface area contributed by atoms with Gasteiger partial charge in [-0.15, -0.1) is 0 Å². The summed E-state index contributed by atoms with van der Waals surface area (Å²) in [6.45, 7) is 2.65. The van der Waals surface area contributed by atoms with E-state index >= 15 is 0 Å². The molecule has 0 aliphatic heterocycles. The predicted octanol–water partition coefficient (Wildman–Crippen LogP) is 5.34. The number of nitrogens with zero attached hydrogens (tertiary/aromatic N) is 2. The lowest BCUT2D eigenvalue weighted by atomic mass is 10.1. The Bertz CT molecular complexity index is 1130. The van der Waals surface area contributed by atoms with Crippen LogP contribution in [0.2, 0.25) is 0 Å². The Kier molecular flexibility index (Phi) is 7.75. The number of carbonyl (C=O) groups is 2. The summed E-state index contributed by atoms with van der Waals surface area (Å²) in [6.07, 6.45) is 1.85. The standard InChI is InChI=1S/C25H26N4O4/c1-3-4-16-26-22-15-12-19(17-23(22)29(32)33)24(30)27-20-13-10-18(11-14-20)25(31)28(2)21-8-6-5-7-9-21/h5-15,17,26H,3-4,16H2,1-2H3,(H,27,30). The number of hydrogen-bond donors (Lipinski definition) is 2. The van der Waals surface area contributed by atoms with Crippen molar-refractivity contribution in [1.29, 1.82) is 0 Å². The van der Waals surface area contributed by atoms with E-state index in [2.05, 4.69) is 10.6 Å². The lowest BCUT2D eigenvalue weighted by Gasteiger charge is -2.17. The topological polar surface area (TPSA) is 105 Å². The van der Waals surface area contributed by atoms with Gasteiger partial charge >= 0.3 is 0 Å². The van der Waals surface area contributed by atoms with Crippen LogP contribution in [-0.2, 0) is 0 Å². The minimum Gasteiger partial charge on any atom is -0.379 e. The monoisotopic (exact) mass is 446 g/mol. The highest BCUT2D eigenvalue weighted by Crippen LogP contribution is 2.26. The molecule has 0 aromatic heterocycles. The molecule has 8 nitrogen and oxygen atoms in total. The molecule has 0 saturated heterocycles. The highest BCUT2D eigenvalue weighted by atomic mass is 16.6. The fourth-order valence-corrected chi connectivity index (χ4v) is 3.24. The van der Waals surface area contributed by atoms with Gasteiger partial charge in [0.2, 0.25) is 0 Å². The minimum absolute atomic E-state index is 0.149. The number of hydrogen-bond acceptors (Lipinski definition) is 5. The predicted molar refractivity (Wildman–Crippen MR) is 130 cm³/mol. The van der Waals surface area contributed by atoms with Gasteiger partial charge in [0.05, 0.1) is 4.92 Å². The zero-order chi connectivity index (χ0) is 23.8. The summed E-state index contributed by atoms with van der Waals surface area (Å²) in [5, 5.41) is 17.2. The highest BCUT2D eigenvalue weighted by Gasteiger charge is 2.18. The Morgan fingerprint density at radius 3 is 2.27 bits per heavy atom. The second-order valence-corrected chi connectivity index (χ2v) is 7.50. The van der Waals surface area contributed by atoms with E-state index in [-0.39, 0.29) is 17.2 Å². The van der Waals surface area contributed by atoms with Gasteiger partial charge in [-0.05, 0) is 55.0 Å². The number of amides is 2. The minimum atomic E-state index is -0.505. The maximum atomic E-state index is 12.7. The molecule has 8 heteroatoms. The molecular weight excluding hydrogens is 420 g/mol. The number of unbranched alkanes of at least 4 members (excludes halogenated alkanes) is 1. The molecule has 0 bridgehead atoms. The van der Waals surface area contributed by atoms with Gasteiger partial charge in [-0.25, -0.2) is 0 Å². The largest absolute Gasteiger partial charge is 0.379 e. The molecule has 3 aromatic rings. The van der Waals surface area contributed by atoms with Crippen LogP contribution in [0.3, 0.4) is 0 Å². The molecular formula is C25H26N4O4. The number of anilines is 3. The second-order valence-electron chi connectivity index (χ2n) is 7.50. The van der Waals surface area contributed by atoms with E-state index in [1.165, 1.54) is 6.07 Å². The van der Waals surface area contributed by atoms with Crippen LogP contribution in [0.25, 0.3) is 0 Å². The normalized spacial score (nSPS) is 10.4. The number of nitro groups is 1. The molecule has 0 aliphatic rings. The number of rotatable bonds is 9. The average molecular weight is 447 g/mol. The molecule has 0 atom stereocenters. The van der Waals surface area contributed by atoms with E-state index < -0.39 is 10.8 Å². The van der Waals surface area contributed by atoms with E-state index in [0.29, 0.717) is 23.5 Å². The van der Waals surface area contributed by atoms with Crippen LogP contribution >= 0.6 is 0 Å². The van der Waals surface area contributed by atoms with Gasteiger partial charge in [0.1, 0.15) is 5.69 Å². The average Bonchev–Trinajstić information content (AvgIpc) is 2.84. The van der Waals surface area contributed by atoms with E-state index in [1.54, 1.807) is 48.3 Å². The van der Waals surface area contributed by atoms with Crippen LogP contribution in [0.1, 0.15) is 40.5 Å². The van der Waals surface area contributed by atoms with Gasteiger partial charge in [-0.3, -0.25) is 19.7 Å². The first-order valence-corrected chi connectivity index (χ1v) is 10.7. The van der Waals surface area contributed by atoms with E-state index in [9.17, 15) is 19.7 Å². The van der Waals surface area contributed by atoms with Crippen LogP contribution < -0.4 is 15.5 Å². The third kappa shape index (κ3) is 5.94. The lowest BCUT2D eigenvalue weighted by molar-refractivity contribution is -0.384. The van der Waals surface area contributed by atoms with E-state index in [1.807, 2.05) is 37.3 Å². The zero-order valence-electron chi connectivity index (χ0n) is 18.6. The summed E-state index contributed by atoms with van der Waals surface area (Å²) in [7, 11) is 1.70. The molecule has 33 heavy (non-hydrogen) atoms. The molecule has 0 saturated carbocycles. The van der Waals surface area contributed by atoms with E-state index in [4.69, 9.17) is 0 Å². The first kappa shape index (κ1) is 23.5. The molecule has 3 aromatic carbocycles. The van der Waals surface area contributed by atoms with Gasteiger partial charge in [0.25, 0.3) is 17.5 Å². The number of nitro benzene ring substituents is 1. The van der Waals surface area contributed by atoms with Crippen molar-refractivity contribution in [2.75, 3.05) is 29.1 Å². The summed E-state index contributed by atoms with van der Waals surface area (Å²) in [5.41, 5.74) is 2.13. The molecule has 0 aliphatic carbocycles. The first-order valence-electron chi connectivity index (χ1n) is 10.7. The molecule has 0 spiro atoms. The van der Waals surface area contributed by atoms with E-state index in [0.717, 1.165) is 18.5 Å². The quantitative estimate of drug-likeness (QED) is 0.262. The summed E-state index contributed by atoms with van der Waals surface area (Å²) in [6, 6.07) is 20.1. The molecule has 3 rings (SSSR count). The molecule has 2 amide bonds. The van der Waals surface area contributed by atoms with Crippen molar-refractivity contribution in [2.24, 2.45) is 0 Å². The second kappa shape index (κ2) is 10.9. The molecule has 0 radical (unpaired) electrons. The fourth-order valence-electron chi connectivity index (χ4n) is 3.24. The van der Waals surface area contributed by atoms with Gasteiger partial charge < -0.3 is 15.5 Å². The number of carbonyl (C=O) groups excluding carboxylic acids is 2. The summed E-state index contributed by atoms with van der Waals surface area (Å²) in [4.78, 5) is 37.8. The van der Waals surface area contributed by atoms with Crippen LogP contribution in [0, 0.1) is 10.1 Å². The van der Waals surface area contributed by atoms with Gasteiger partial charge in [-0.2, -0.15) is 0 Å². The van der Waals surface area contributed by atoms with Crippen molar-refractivity contribution < 1.29 is 14.5 Å². The number of benzene rings is 3. The Morgan fingerprint density at radius 2 is 1.64 bits per heavy atom. The molecule has 170 valence electrons. The lowest BCUT2D eigenvalue weighted by Crippen LogP contribution is -2.26. The van der Waals surface area contributed by atoms with Crippen LogP contribution in [0.5, 0.6) is 0 Å². The summed E-state index contributed by atoms with van der Waals surface area (Å²) >= 11 is 0. The highest BCUT2D eigenvalue weighted by molar-refractivity contribution is 6.07. The van der Waals surface area contributed by atoms with Crippen LogP contribution in [-0.4, -0.2) is 30.3 Å². The van der Waals surface area contributed by atoms with Crippen LogP contribution in [0.4, 0.5) is 22.7 Å². The van der Waals surface area contributed by atoms with Gasteiger partial charge in [0, 0.05) is 42.2 Å². The maximum Gasteiger partial charge on any atom is 0.293 e. The molecule has 2 N–H and O–H groups in total. The van der Waals surface area contributed by atoms with Crippen molar-refractivity contribution in [3.05, 3.63) is 94.0 Å². The van der Waals surface area contributed by atoms with Crippen molar-refractivity contribution in [3.63, 3.8) is 0 Å². The van der Waals surface area contributed by atoms with Crippen molar-refractivity contribution in [3.8, 4) is 0 Å². The Balaban J connectivity index is 1.69. The Labute approximate surface area is 192 Å². The molecule has 0 heterocycles. The molecule has 0 fully saturated rings. The van der Waals surface area contributed by atoms with Gasteiger partial charge in [0.15, 0.2) is 0 Å². The first-order chi connectivity index (χ1) is 15.9. The SMILES string of the molecule is CCCCNc1ccc(C(=O)Nc2ccc(C(=O)N(C)c3ccccc3)cc2)cc1[N+](=O)[O-]. The zero-order valence-corrected chi connectivity index (χ0v) is 18.6. The van der Waals surface area contributed by atoms with Gasteiger partial charge in [-0.1, -0.05) is 31.5 Å². The summed E-state index contributed by atoms with van der Waals surface area (Å²) in [5.74, 6) is -0.653. The Morgan fingerprint density at radius 1 is 0.970 bits per heavy atom. The van der Waals surface area contributed by atoms with Crippen LogP contribution in [0.15, 0.2) is 72.8 Å². The number of para-hydroxylation sites is 1. The smallest absolute Gasteiger partial charge is 0.293 e. The van der Waals surface area contributed by atoms with Crippen molar-refractivity contribution >= 4 is 34.6 Å². The number of nitrogens with one attached hydrogen (secondary N) is 2. The maximum absolute atomic E-state index is 12.7. The van der Waals surface area contributed by atoms with Crippen molar-refractivity contribution in [2.45, 2.75) is 19.8 Å². The van der Waals surface area contributed by atoms with Crippen molar-refractivity contribution in [1.82, 2.24) is 0 Å². The summed E-state index contributed by atoms with van der Waals surface area (Å²) < 4.78 is 0. The molecule has 0 unspecified atom stereocenters. The Hall–Kier alpha value is -4.20. The third-order valence-electron chi connectivity index (χ3n) is 5.14. The fraction of sp³-hybridized carbons (Fsp3) is 0.200. The third-order valence-corrected chi connectivity index (χ3v) is 5.14.